The molecule has 0 aromatic heterocycles. The number of carbonyl (C=O) groups excluding carboxylic acids is 1. The lowest BCUT2D eigenvalue weighted by atomic mass is 9.74. The van der Waals surface area contributed by atoms with Crippen LogP contribution in [0.2, 0.25) is 0 Å². The van der Waals surface area contributed by atoms with Crippen LogP contribution in [0.5, 0.6) is 0 Å². The van der Waals surface area contributed by atoms with Crippen molar-refractivity contribution in [1.82, 2.24) is 9.80 Å². The van der Waals surface area contributed by atoms with Crippen molar-refractivity contribution in [1.29, 1.82) is 0 Å². The summed E-state index contributed by atoms with van der Waals surface area (Å²) >= 11 is 0. The van der Waals surface area contributed by atoms with Gasteiger partial charge in [0, 0.05) is 38.3 Å². The van der Waals surface area contributed by atoms with Crippen LogP contribution in [0, 0.1) is 19.3 Å². The third kappa shape index (κ3) is 5.31. The molecule has 2 aliphatic heterocycles. The molecule has 0 saturated carbocycles. The zero-order valence-electron chi connectivity index (χ0n) is 20.9. The molecule has 7 heteroatoms. The predicted octanol–water partition coefficient (Wildman–Crippen LogP) is 3.33. The van der Waals surface area contributed by atoms with Gasteiger partial charge < -0.3 is 18.9 Å². The third-order valence-electron chi connectivity index (χ3n) is 6.65. The summed E-state index contributed by atoms with van der Waals surface area (Å²) in [5, 5.41) is 0. The van der Waals surface area contributed by atoms with E-state index in [9.17, 15) is 4.79 Å². The highest BCUT2D eigenvalue weighted by Gasteiger charge is 2.52. The lowest BCUT2D eigenvalue weighted by Crippen LogP contribution is -2.49. The molecule has 0 N–H and O–H groups in total. The molecule has 0 aliphatic carbocycles. The number of piperazine rings is 1. The molecule has 0 spiro atoms. The van der Waals surface area contributed by atoms with E-state index in [1.807, 2.05) is 26.8 Å². The minimum absolute atomic E-state index is 0.245. The van der Waals surface area contributed by atoms with Gasteiger partial charge in [0.25, 0.3) is 0 Å². The number of terminal acetylenes is 1. The first-order valence-corrected chi connectivity index (χ1v) is 11.4. The lowest BCUT2D eigenvalue weighted by Gasteiger charge is -2.36. The molecule has 0 bridgehead atoms. The van der Waals surface area contributed by atoms with Gasteiger partial charge in [-0.15, -0.1) is 6.42 Å². The fourth-order valence-corrected chi connectivity index (χ4v) is 3.92. The van der Waals surface area contributed by atoms with Crippen molar-refractivity contribution >= 4 is 18.7 Å². The van der Waals surface area contributed by atoms with Gasteiger partial charge in [0.1, 0.15) is 5.60 Å². The molecule has 2 saturated heterocycles. The third-order valence-corrected chi connectivity index (χ3v) is 6.65. The molecular formula is C25H37BN2O4. The Morgan fingerprint density at radius 2 is 1.69 bits per heavy atom. The number of carbonyl (C=O) groups is 1. The Morgan fingerprint density at radius 1 is 1.12 bits per heavy atom. The van der Waals surface area contributed by atoms with Crippen LogP contribution >= 0.6 is 0 Å². The van der Waals surface area contributed by atoms with Crippen LogP contribution in [0.4, 0.5) is 4.79 Å². The number of amides is 1. The smallest absolute Gasteiger partial charge is 0.444 e. The Kier molecular flexibility index (Phi) is 6.73. The molecule has 2 aliphatic rings. The first kappa shape index (κ1) is 24.6. The van der Waals surface area contributed by atoms with Gasteiger partial charge in [-0.25, -0.2) is 4.79 Å². The first-order valence-electron chi connectivity index (χ1n) is 11.4. The van der Waals surface area contributed by atoms with Crippen LogP contribution in [-0.2, 0) is 20.6 Å². The molecule has 174 valence electrons. The Bertz CT molecular complexity index is 890. The molecule has 0 radical (unpaired) electrons. The summed E-state index contributed by atoms with van der Waals surface area (Å²) in [5.41, 5.74) is 2.81. The van der Waals surface area contributed by atoms with E-state index in [1.165, 1.54) is 0 Å². The van der Waals surface area contributed by atoms with Gasteiger partial charge in [-0.3, -0.25) is 4.90 Å². The first-order chi connectivity index (χ1) is 14.7. The van der Waals surface area contributed by atoms with Gasteiger partial charge in [-0.2, -0.15) is 0 Å². The molecule has 1 aromatic carbocycles. The number of hydrogen-bond donors (Lipinski definition) is 0. The van der Waals surface area contributed by atoms with Crippen molar-refractivity contribution in [2.45, 2.75) is 78.7 Å². The van der Waals surface area contributed by atoms with E-state index in [0.29, 0.717) is 13.1 Å². The zero-order valence-corrected chi connectivity index (χ0v) is 20.9. The average molecular weight is 440 g/mol. The highest BCUT2D eigenvalue weighted by Crippen LogP contribution is 2.37. The Morgan fingerprint density at radius 3 is 2.19 bits per heavy atom. The van der Waals surface area contributed by atoms with Crippen molar-refractivity contribution in [3.8, 4) is 12.3 Å². The molecule has 1 aromatic rings. The summed E-state index contributed by atoms with van der Waals surface area (Å²) in [6.07, 6.45) is 5.53. The van der Waals surface area contributed by atoms with Gasteiger partial charge in [-0.05, 0) is 84.1 Å². The zero-order chi connectivity index (χ0) is 23.9. The van der Waals surface area contributed by atoms with Crippen LogP contribution in [0.25, 0.3) is 0 Å². The second kappa shape index (κ2) is 8.74. The molecule has 0 unspecified atom stereocenters. The maximum absolute atomic E-state index is 12.3. The van der Waals surface area contributed by atoms with E-state index in [-0.39, 0.29) is 6.09 Å². The monoisotopic (exact) mass is 440 g/mol. The summed E-state index contributed by atoms with van der Waals surface area (Å²) in [4.78, 5) is 16.5. The number of rotatable bonds is 3. The molecule has 3 rings (SSSR count). The van der Waals surface area contributed by atoms with E-state index in [1.54, 1.807) is 4.90 Å². The van der Waals surface area contributed by atoms with Gasteiger partial charge in [0.05, 0.1) is 11.2 Å². The summed E-state index contributed by atoms with van der Waals surface area (Å²) < 4.78 is 18.1. The predicted molar refractivity (Wildman–Crippen MR) is 128 cm³/mol. The van der Waals surface area contributed by atoms with Gasteiger partial charge in [0.2, 0.25) is 0 Å². The highest BCUT2D eigenvalue weighted by molar-refractivity contribution is 6.62. The average Bonchev–Trinajstić information content (AvgIpc) is 2.89. The van der Waals surface area contributed by atoms with E-state index < -0.39 is 23.9 Å². The summed E-state index contributed by atoms with van der Waals surface area (Å²) in [6.45, 7) is 19.6. The van der Waals surface area contributed by atoms with Crippen LogP contribution < -0.4 is 5.46 Å². The molecular weight excluding hydrogens is 403 g/mol. The van der Waals surface area contributed by atoms with Crippen molar-refractivity contribution in [3.63, 3.8) is 0 Å². The minimum Gasteiger partial charge on any atom is -0.444 e. The SMILES string of the molecule is C#Cc1cc(CN2CCN(C(=O)OC(C)(C)C)CC2)c(C)c(B2OC(C)(C)C(C)(C)O2)c1. The minimum atomic E-state index is -0.481. The Hall–Kier alpha value is -2.01. The van der Waals surface area contributed by atoms with Crippen molar-refractivity contribution in [2.24, 2.45) is 0 Å². The summed E-state index contributed by atoms with van der Waals surface area (Å²) in [5.74, 6) is 2.78. The van der Waals surface area contributed by atoms with Crippen LogP contribution in [0.3, 0.4) is 0 Å². The van der Waals surface area contributed by atoms with Crippen molar-refractivity contribution < 1.29 is 18.8 Å². The van der Waals surface area contributed by atoms with Crippen molar-refractivity contribution in [3.05, 3.63) is 28.8 Å². The maximum Gasteiger partial charge on any atom is 0.495 e. The normalized spacial score (nSPS) is 20.8. The van der Waals surface area contributed by atoms with E-state index in [4.69, 9.17) is 20.5 Å². The topological polar surface area (TPSA) is 51.2 Å². The highest BCUT2D eigenvalue weighted by atomic mass is 16.7. The molecule has 0 atom stereocenters. The number of ether oxygens (including phenoxy) is 1. The van der Waals surface area contributed by atoms with Gasteiger partial charge in [0.15, 0.2) is 0 Å². The number of nitrogens with zero attached hydrogens (tertiary/aromatic N) is 2. The fraction of sp³-hybridized carbons (Fsp3) is 0.640. The summed E-state index contributed by atoms with van der Waals surface area (Å²) in [7, 11) is -0.448. The van der Waals surface area contributed by atoms with Gasteiger partial charge in [-0.1, -0.05) is 5.92 Å². The van der Waals surface area contributed by atoms with Crippen molar-refractivity contribution in [2.75, 3.05) is 26.2 Å². The fourth-order valence-electron chi connectivity index (χ4n) is 3.92. The van der Waals surface area contributed by atoms with E-state index in [0.717, 1.165) is 41.8 Å². The molecule has 6 nitrogen and oxygen atoms in total. The lowest BCUT2D eigenvalue weighted by molar-refractivity contribution is 0.00578. The number of hydrogen-bond acceptors (Lipinski definition) is 5. The summed E-state index contributed by atoms with van der Waals surface area (Å²) in [6, 6.07) is 4.08. The number of benzene rings is 1. The van der Waals surface area contributed by atoms with E-state index in [2.05, 4.69) is 51.5 Å². The molecule has 2 heterocycles. The second-order valence-electron chi connectivity index (χ2n) is 10.8. The quantitative estimate of drug-likeness (QED) is 0.533. The second-order valence-corrected chi connectivity index (χ2v) is 10.8. The largest absolute Gasteiger partial charge is 0.495 e. The van der Waals surface area contributed by atoms with Crippen LogP contribution in [-0.4, -0.2) is 66.0 Å². The van der Waals surface area contributed by atoms with Gasteiger partial charge >= 0.3 is 13.2 Å². The maximum atomic E-state index is 12.3. The molecule has 2 fully saturated rings. The Balaban J connectivity index is 1.73. The molecule has 32 heavy (non-hydrogen) atoms. The molecule has 1 amide bonds. The van der Waals surface area contributed by atoms with Crippen LogP contribution in [0.1, 0.15) is 65.2 Å². The Labute approximate surface area is 193 Å². The van der Waals surface area contributed by atoms with E-state index >= 15 is 0 Å². The standard InChI is InChI=1S/C25H37BN2O4/c1-10-19-15-20(17-27-11-13-28(14-12-27)22(29)30-23(3,4)5)18(2)21(16-19)26-31-24(6,7)25(8,9)32-26/h1,15-16H,11-14,17H2,2-9H3. The van der Waals surface area contributed by atoms with Crippen LogP contribution in [0.15, 0.2) is 12.1 Å².